The number of hydrogen-bond acceptors (Lipinski definition) is 10. The second-order valence-electron chi connectivity index (χ2n) is 9.82. The third-order valence-corrected chi connectivity index (χ3v) is 5.97. The minimum absolute atomic E-state index is 0. The van der Waals surface area contributed by atoms with Crippen molar-refractivity contribution in [3.8, 4) is 0 Å². The number of carboxylic acids is 4. The Hall–Kier alpha value is -4.22. The summed E-state index contributed by atoms with van der Waals surface area (Å²) in [4.78, 5) is 40.3. The number of ether oxygens (including phenoxy) is 2. The largest absolute Gasteiger partial charge is 2.00 e. The van der Waals surface area contributed by atoms with E-state index in [1.54, 1.807) is 0 Å². The Morgan fingerprint density at radius 2 is 0.519 bits per heavy atom. The van der Waals surface area contributed by atoms with E-state index in [4.69, 9.17) is 9.47 Å². The van der Waals surface area contributed by atoms with E-state index in [1.165, 1.54) is 25.7 Å². The van der Waals surface area contributed by atoms with Crippen LogP contribution in [0.2, 0.25) is 0 Å². The average molecular weight is 893 g/mol. The van der Waals surface area contributed by atoms with Crippen LogP contribution in [0.3, 0.4) is 0 Å². The maximum atomic E-state index is 12.1. The van der Waals surface area contributed by atoms with Crippen LogP contribution < -0.4 is 20.4 Å². The zero-order chi connectivity index (χ0) is 37.3. The van der Waals surface area contributed by atoms with Gasteiger partial charge in [0.1, 0.15) is 23.3 Å². The fourth-order valence-electron chi connectivity index (χ4n) is 3.36. The van der Waals surface area contributed by atoms with E-state index in [1.807, 2.05) is 0 Å². The fourth-order valence-corrected chi connectivity index (χ4v) is 3.36. The van der Waals surface area contributed by atoms with Crippen molar-refractivity contribution in [1.82, 2.24) is 0 Å². The van der Waals surface area contributed by atoms with Crippen LogP contribution in [0, 0.1) is 23.3 Å². The molecule has 52 heavy (non-hydrogen) atoms. The Balaban J connectivity index is 0. The van der Waals surface area contributed by atoms with Crippen molar-refractivity contribution in [3.63, 3.8) is 0 Å². The van der Waals surface area contributed by atoms with E-state index in [9.17, 15) is 57.2 Å². The molecule has 276 valence electrons. The molecule has 10 nitrogen and oxygen atoms in total. The van der Waals surface area contributed by atoms with Crippen molar-refractivity contribution in [2.45, 2.75) is 25.7 Å². The number of benzene rings is 4. The van der Waals surface area contributed by atoms with Crippen LogP contribution in [0.1, 0.15) is 67.1 Å². The van der Waals surface area contributed by atoms with Gasteiger partial charge in [-0.3, -0.25) is 0 Å². The predicted octanol–water partition coefficient (Wildman–Crippen LogP) is 2.35. The van der Waals surface area contributed by atoms with Gasteiger partial charge in [0.2, 0.25) is 0 Å². The summed E-state index contributed by atoms with van der Waals surface area (Å²) in [5, 5.41) is 40.3. The summed E-state index contributed by atoms with van der Waals surface area (Å²) in [6.07, 6.45) is 5.11. The third kappa shape index (κ3) is 24.0. The van der Waals surface area contributed by atoms with E-state index >= 15 is 0 Å². The molecule has 4 aromatic rings. The summed E-state index contributed by atoms with van der Waals surface area (Å²) in [5.41, 5.74) is -0.0504. The maximum absolute atomic E-state index is 12.1. The predicted molar refractivity (Wildman–Crippen MR) is 163 cm³/mol. The molecule has 2 heterocycles. The van der Waals surface area contributed by atoms with Crippen LogP contribution >= 0.6 is 0 Å². The van der Waals surface area contributed by atoms with Gasteiger partial charge in [0.05, 0.1) is 23.9 Å². The molecule has 0 atom stereocenters. The van der Waals surface area contributed by atoms with Gasteiger partial charge < -0.3 is 49.1 Å². The standard InChI is InChI=1S/4C7H5FO2.2C4H8O.2Mo/c4*8-6-3-1-5(2-4-6)7(9)10;2*1-2-4-5-3-1;;/h4*1-4H,(H,9,10);2*1-4H2;;/q;;;;;;2*+2/p-4. The summed E-state index contributed by atoms with van der Waals surface area (Å²) < 4.78 is 58.4. The maximum Gasteiger partial charge on any atom is 2.00 e. The summed E-state index contributed by atoms with van der Waals surface area (Å²) >= 11 is 0. The van der Waals surface area contributed by atoms with Crippen molar-refractivity contribution in [3.05, 3.63) is 143 Å². The summed E-state index contributed by atoms with van der Waals surface area (Å²) in [6.45, 7) is 4.00. The first-order chi connectivity index (χ1) is 23.8. The van der Waals surface area contributed by atoms with Gasteiger partial charge in [-0.2, -0.15) is 0 Å². The zero-order valence-electron chi connectivity index (χ0n) is 27.3. The number of carbonyl (C=O) groups is 4. The third-order valence-electron chi connectivity index (χ3n) is 5.97. The Morgan fingerprint density at radius 3 is 0.615 bits per heavy atom. The number of carbonyl (C=O) groups excluding carboxylic acids is 4. The van der Waals surface area contributed by atoms with Crippen LogP contribution in [0.25, 0.3) is 0 Å². The second kappa shape index (κ2) is 29.4. The molecule has 0 N–H and O–H groups in total. The van der Waals surface area contributed by atoms with Crippen molar-refractivity contribution in [2.24, 2.45) is 0 Å². The fraction of sp³-hybridized carbons (Fsp3) is 0.222. The molecule has 2 fully saturated rings. The molecule has 0 radical (unpaired) electrons. The number of carboxylic acid groups (broad SMARTS) is 4. The number of hydrogen-bond donors (Lipinski definition) is 0. The van der Waals surface area contributed by atoms with Gasteiger partial charge in [0, 0.05) is 26.4 Å². The smallest absolute Gasteiger partial charge is 0.545 e. The molecule has 0 amide bonds. The van der Waals surface area contributed by atoms with Crippen LogP contribution in [0.5, 0.6) is 0 Å². The molecule has 2 saturated heterocycles. The molecule has 16 heteroatoms. The average Bonchev–Trinajstić information content (AvgIpc) is 3.87. The zero-order valence-corrected chi connectivity index (χ0v) is 31.3. The molecule has 0 aliphatic carbocycles. The van der Waals surface area contributed by atoms with Crippen molar-refractivity contribution in [2.75, 3.05) is 26.4 Å². The van der Waals surface area contributed by atoms with Gasteiger partial charge in [-0.25, -0.2) is 17.6 Å². The van der Waals surface area contributed by atoms with Crippen molar-refractivity contribution >= 4 is 23.9 Å². The van der Waals surface area contributed by atoms with E-state index in [2.05, 4.69) is 0 Å². The molecule has 0 bridgehead atoms. The normalized spacial score (nSPS) is 11.8. The van der Waals surface area contributed by atoms with E-state index < -0.39 is 47.1 Å². The molecule has 2 aliphatic rings. The van der Waals surface area contributed by atoms with Gasteiger partial charge in [-0.1, -0.05) is 48.5 Å². The van der Waals surface area contributed by atoms with E-state index in [0.29, 0.717) is 0 Å². The number of halogens is 4. The van der Waals surface area contributed by atoms with E-state index in [0.717, 1.165) is 123 Å². The second-order valence-corrected chi connectivity index (χ2v) is 9.82. The van der Waals surface area contributed by atoms with Crippen LogP contribution in [-0.2, 0) is 51.6 Å². The van der Waals surface area contributed by atoms with Crippen LogP contribution in [0.4, 0.5) is 17.6 Å². The molecule has 0 unspecified atom stereocenters. The van der Waals surface area contributed by atoms with Gasteiger partial charge in [0.15, 0.2) is 0 Å². The molecular formula is C36H32F4Mo2O10. The molecule has 0 spiro atoms. The number of rotatable bonds is 4. The van der Waals surface area contributed by atoms with Crippen LogP contribution in [0.15, 0.2) is 97.1 Å². The number of aromatic carboxylic acids is 4. The minimum Gasteiger partial charge on any atom is -0.545 e. The van der Waals surface area contributed by atoms with Crippen molar-refractivity contribution < 1.29 is 109 Å². The Bertz CT molecular complexity index is 1340. The Labute approximate surface area is 325 Å². The monoisotopic (exact) mass is 896 g/mol. The van der Waals surface area contributed by atoms with Gasteiger partial charge in [-0.15, -0.1) is 0 Å². The molecule has 2 aliphatic heterocycles. The quantitative estimate of drug-likeness (QED) is 0.218. The first kappa shape index (κ1) is 49.9. The van der Waals surface area contributed by atoms with Crippen molar-refractivity contribution in [1.29, 1.82) is 0 Å². The van der Waals surface area contributed by atoms with E-state index in [-0.39, 0.29) is 64.4 Å². The molecular weight excluding hydrogens is 860 g/mol. The molecule has 4 aromatic carbocycles. The Kier molecular flexibility index (Phi) is 28.2. The molecule has 6 rings (SSSR count). The SMILES string of the molecule is C1CCOC1.C1CCOC1.O=C([O-])c1ccc(F)cc1.O=C([O-])c1ccc(F)cc1.O=C([O-])c1ccc(F)cc1.O=C([O-])c1ccc(F)cc1.[Mo+2].[Mo+2]. The first-order valence-electron chi connectivity index (χ1n) is 14.8. The molecule has 0 saturated carbocycles. The van der Waals surface area contributed by atoms with Gasteiger partial charge in [-0.05, 0) is 96.5 Å². The van der Waals surface area contributed by atoms with Crippen LogP contribution in [-0.4, -0.2) is 50.3 Å². The topological polar surface area (TPSA) is 179 Å². The van der Waals surface area contributed by atoms with Gasteiger partial charge in [0.25, 0.3) is 0 Å². The first-order valence-corrected chi connectivity index (χ1v) is 14.8. The molecule has 0 aromatic heterocycles. The summed E-state index contributed by atoms with van der Waals surface area (Å²) in [6, 6.07) is 17.9. The summed E-state index contributed by atoms with van der Waals surface area (Å²) in [5.74, 6) is -6.98. The minimum atomic E-state index is -1.29. The Morgan fingerprint density at radius 1 is 0.365 bits per heavy atom. The van der Waals surface area contributed by atoms with Gasteiger partial charge >= 0.3 is 42.1 Å². The summed E-state index contributed by atoms with van der Waals surface area (Å²) in [7, 11) is 0.